The van der Waals surface area contributed by atoms with Crippen LogP contribution >= 0.6 is 23.2 Å². The molecule has 0 bridgehead atoms. The van der Waals surface area contributed by atoms with Crippen LogP contribution < -0.4 is 5.62 Å². The molecule has 2 aromatic carbocycles. The van der Waals surface area contributed by atoms with Crippen LogP contribution in [0.1, 0.15) is 29.8 Å². The number of fused-ring (bicyclic) bond motifs is 1. The number of nitrogens with one attached hydrogen (secondary N) is 1. The number of hydrogen-bond acceptors (Lipinski definition) is 2. The van der Waals surface area contributed by atoms with E-state index in [1.165, 1.54) is 5.56 Å². The Morgan fingerprint density at radius 1 is 1.12 bits per heavy atom. The molecule has 0 atom stereocenters. The molecule has 4 nitrogen and oxygen atoms in total. The van der Waals surface area contributed by atoms with Gasteiger partial charge in [-0.1, -0.05) is 42.3 Å². The van der Waals surface area contributed by atoms with Crippen molar-refractivity contribution in [2.75, 3.05) is 0 Å². The van der Waals surface area contributed by atoms with Gasteiger partial charge in [-0.15, -0.1) is 0 Å². The van der Waals surface area contributed by atoms with E-state index in [1.807, 2.05) is 23.6 Å². The van der Waals surface area contributed by atoms with E-state index < -0.39 is 0 Å². The number of rotatable bonds is 5. The summed E-state index contributed by atoms with van der Waals surface area (Å²) in [6, 6.07) is 10.8. The summed E-state index contributed by atoms with van der Waals surface area (Å²) in [7, 11) is 0. The number of carbonyl (C=O) groups excluding carboxylic acids is 1. The fourth-order valence-corrected chi connectivity index (χ4v) is 3.68. The van der Waals surface area contributed by atoms with Crippen molar-refractivity contribution in [3.8, 4) is 0 Å². The fourth-order valence-electron chi connectivity index (χ4n) is 3.17. The zero-order valence-corrected chi connectivity index (χ0v) is 15.7. The van der Waals surface area contributed by atoms with E-state index in [4.69, 9.17) is 28.6 Å². The molecule has 0 unspecified atom stereocenters. The third kappa shape index (κ3) is 3.12. The minimum Gasteiger partial charge on any atom is -0.310 e. The van der Waals surface area contributed by atoms with Gasteiger partial charge in [-0.05, 0) is 43.2 Å². The van der Waals surface area contributed by atoms with Crippen LogP contribution in [-0.4, -0.2) is 14.9 Å². The topological polar surface area (TPSA) is 50.8 Å². The summed E-state index contributed by atoms with van der Waals surface area (Å²) >= 11 is 12.1. The van der Waals surface area contributed by atoms with Crippen molar-refractivity contribution in [3.05, 3.63) is 63.2 Å². The number of benzene rings is 2. The molecule has 3 aromatic rings. The predicted molar refractivity (Wildman–Crippen MR) is 102 cm³/mol. The highest BCUT2D eigenvalue weighted by Crippen LogP contribution is 2.23. The number of imidazole rings is 1. The highest BCUT2D eigenvalue weighted by Gasteiger charge is 2.17. The number of halogens is 2. The molecule has 25 heavy (non-hydrogen) atoms. The Morgan fingerprint density at radius 2 is 1.88 bits per heavy atom. The van der Waals surface area contributed by atoms with Crippen LogP contribution in [0, 0.1) is 5.41 Å². The maximum Gasteiger partial charge on any atom is 0.203 e. The van der Waals surface area contributed by atoms with E-state index in [0.29, 0.717) is 27.8 Å². The molecular formula is C19H19Cl2N3O. The molecule has 1 heterocycles. The first kappa shape index (κ1) is 17.8. The molecule has 0 saturated heterocycles. The molecule has 0 radical (unpaired) electrons. The van der Waals surface area contributed by atoms with Crippen LogP contribution in [0.3, 0.4) is 0 Å². The van der Waals surface area contributed by atoms with Gasteiger partial charge < -0.3 is 9.13 Å². The van der Waals surface area contributed by atoms with Crippen LogP contribution in [0.2, 0.25) is 10.0 Å². The number of ketones is 1. The zero-order valence-electron chi connectivity index (χ0n) is 14.1. The summed E-state index contributed by atoms with van der Waals surface area (Å²) in [5.74, 6) is -0.141. The lowest BCUT2D eigenvalue weighted by Gasteiger charge is -2.07. The van der Waals surface area contributed by atoms with Crippen molar-refractivity contribution in [1.82, 2.24) is 9.13 Å². The van der Waals surface area contributed by atoms with Gasteiger partial charge in [0.05, 0.1) is 22.6 Å². The molecule has 0 amide bonds. The van der Waals surface area contributed by atoms with Crippen molar-refractivity contribution in [2.24, 2.45) is 0 Å². The Hall–Kier alpha value is -2.04. The van der Waals surface area contributed by atoms with Gasteiger partial charge in [0.15, 0.2) is 5.78 Å². The van der Waals surface area contributed by atoms with Crippen LogP contribution in [0.5, 0.6) is 0 Å². The number of aromatic nitrogens is 2. The van der Waals surface area contributed by atoms with Gasteiger partial charge in [0.25, 0.3) is 0 Å². The quantitative estimate of drug-likeness (QED) is 0.645. The smallest absolute Gasteiger partial charge is 0.203 e. The van der Waals surface area contributed by atoms with E-state index in [0.717, 1.165) is 17.5 Å². The molecule has 0 aliphatic carbocycles. The average Bonchev–Trinajstić information content (AvgIpc) is 2.86. The minimum atomic E-state index is -0.141. The number of aryl methyl sites for hydroxylation is 2. The lowest BCUT2D eigenvalue weighted by molar-refractivity contribution is 0.0971. The molecule has 130 valence electrons. The third-order valence-electron chi connectivity index (χ3n) is 4.40. The number of para-hydroxylation sites is 1. The van der Waals surface area contributed by atoms with Gasteiger partial charge in [0.2, 0.25) is 5.62 Å². The van der Waals surface area contributed by atoms with E-state index >= 15 is 0 Å². The molecule has 1 aromatic heterocycles. The van der Waals surface area contributed by atoms with E-state index in [-0.39, 0.29) is 12.3 Å². The van der Waals surface area contributed by atoms with Crippen LogP contribution in [0.15, 0.2) is 36.4 Å². The van der Waals surface area contributed by atoms with Crippen LogP contribution in [0.25, 0.3) is 11.0 Å². The first-order chi connectivity index (χ1) is 12.0. The van der Waals surface area contributed by atoms with Gasteiger partial charge >= 0.3 is 0 Å². The van der Waals surface area contributed by atoms with Crippen LogP contribution in [-0.2, 0) is 19.5 Å². The van der Waals surface area contributed by atoms with Gasteiger partial charge in [0.1, 0.15) is 0 Å². The van der Waals surface area contributed by atoms with Crippen molar-refractivity contribution >= 4 is 40.0 Å². The van der Waals surface area contributed by atoms with Crippen LogP contribution in [0.4, 0.5) is 0 Å². The Labute approximate surface area is 156 Å². The normalized spacial score (nSPS) is 11.2. The molecule has 3 rings (SSSR count). The third-order valence-corrected chi connectivity index (χ3v) is 4.95. The monoisotopic (exact) mass is 375 g/mol. The molecule has 0 spiro atoms. The van der Waals surface area contributed by atoms with Gasteiger partial charge in [-0.3, -0.25) is 10.2 Å². The summed E-state index contributed by atoms with van der Waals surface area (Å²) < 4.78 is 3.68. The predicted octanol–water partition coefficient (Wildman–Crippen LogP) is 4.69. The Balaban J connectivity index is 2.12. The average molecular weight is 376 g/mol. The zero-order chi connectivity index (χ0) is 18.1. The SMILES string of the molecule is CCc1cccc2c1n(CC)c(=N)n2CC(=O)c1ccc(Cl)cc1Cl. The molecule has 0 fully saturated rings. The first-order valence-electron chi connectivity index (χ1n) is 8.21. The second-order valence-corrected chi connectivity index (χ2v) is 6.68. The van der Waals surface area contributed by atoms with Crippen molar-refractivity contribution in [2.45, 2.75) is 33.4 Å². The minimum absolute atomic E-state index is 0.0663. The number of carbonyl (C=O) groups is 1. The molecule has 6 heteroatoms. The molecule has 0 aliphatic rings. The highest BCUT2D eigenvalue weighted by molar-refractivity contribution is 6.36. The highest BCUT2D eigenvalue weighted by atomic mass is 35.5. The van der Waals surface area contributed by atoms with E-state index in [9.17, 15) is 4.79 Å². The summed E-state index contributed by atoms with van der Waals surface area (Å²) in [5, 5.41) is 9.33. The van der Waals surface area contributed by atoms with Crippen molar-refractivity contribution in [1.29, 1.82) is 5.41 Å². The van der Waals surface area contributed by atoms with Gasteiger partial charge in [0, 0.05) is 17.1 Å². The largest absolute Gasteiger partial charge is 0.310 e. The number of hydrogen-bond donors (Lipinski definition) is 1. The lowest BCUT2D eigenvalue weighted by Crippen LogP contribution is -2.27. The first-order valence-corrected chi connectivity index (χ1v) is 8.97. The fraction of sp³-hybridized carbons (Fsp3) is 0.263. The second-order valence-electron chi connectivity index (χ2n) is 5.84. The molecular weight excluding hydrogens is 357 g/mol. The second kappa shape index (κ2) is 7.06. The summed E-state index contributed by atoms with van der Waals surface area (Å²) in [4.78, 5) is 12.8. The summed E-state index contributed by atoms with van der Waals surface area (Å²) in [6.07, 6.45) is 0.873. The summed E-state index contributed by atoms with van der Waals surface area (Å²) in [6.45, 7) is 4.84. The Kier molecular flexibility index (Phi) is 5.02. The van der Waals surface area contributed by atoms with E-state index in [1.54, 1.807) is 22.8 Å². The van der Waals surface area contributed by atoms with Crippen molar-refractivity contribution < 1.29 is 4.79 Å². The summed E-state index contributed by atoms with van der Waals surface area (Å²) in [5.41, 5.74) is 3.82. The Morgan fingerprint density at radius 3 is 2.52 bits per heavy atom. The molecule has 1 N–H and O–H groups in total. The molecule has 0 saturated carbocycles. The standard InChI is InChI=1S/C19H19Cl2N3O/c1-3-12-6-5-7-16-18(12)23(4-2)19(22)24(16)11-17(25)14-9-8-13(20)10-15(14)21/h5-10,22H,3-4,11H2,1-2H3. The number of nitrogens with zero attached hydrogens (tertiary/aromatic N) is 2. The van der Waals surface area contributed by atoms with Crippen molar-refractivity contribution in [3.63, 3.8) is 0 Å². The maximum absolute atomic E-state index is 12.8. The molecule has 0 aliphatic heterocycles. The van der Waals surface area contributed by atoms with Gasteiger partial charge in [-0.2, -0.15) is 0 Å². The Bertz CT molecular complexity index is 1020. The maximum atomic E-state index is 12.8. The lowest BCUT2D eigenvalue weighted by atomic mass is 10.1. The number of Topliss-reactive ketones (excluding diaryl/α,β-unsaturated/α-hetero) is 1. The van der Waals surface area contributed by atoms with Gasteiger partial charge in [-0.25, -0.2) is 0 Å². The van der Waals surface area contributed by atoms with E-state index in [2.05, 4.69) is 13.0 Å².